The fourth-order valence-corrected chi connectivity index (χ4v) is 3.26. The summed E-state index contributed by atoms with van der Waals surface area (Å²) in [5, 5.41) is 9.78. The lowest BCUT2D eigenvalue weighted by atomic mass is 10.0. The fourth-order valence-electron chi connectivity index (χ4n) is 2.55. The van der Waals surface area contributed by atoms with Crippen molar-refractivity contribution in [3.05, 3.63) is 35.9 Å². The molecule has 19 heavy (non-hydrogen) atoms. The van der Waals surface area contributed by atoms with Crippen molar-refractivity contribution in [3.63, 3.8) is 0 Å². The van der Waals surface area contributed by atoms with Crippen molar-refractivity contribution in [3.8, 4) is 0 Å². The molecule has 1 aliphatic rings. The Balaban J connectivity index is 2.12. The first-order valence-corrected chi connectivity index (χ1v) is 7.91. The Bertz CT molecular complexity index is 503. The molecule has 5 nitrogen and oxygen atoms in total. The van der Waals surface area contributed by atoms with E-state index in [1.807, 2.05) is 35.2 Å². The second kappa shape index (κ2) is 6.00. The van der Waals surface area contributed by atoms with Crippen molar-refractivity contribution in [2.24, 2.45) is 0 Å². The first-order chi connectivity index (χ1) is 8.98. The lowest BCUT2D eigenvalue weighted by Crippen LogP contribution is -2.49. The van der Waals surface area contributed by atoms with Crippen LogP contribution in [0.4, 0.5) is 0 Å². The zero-order valence-corrected chi connectivity index (χ0v) is 11.5. The van der Waals surface area contributed by atoms with Crippen molar-refractivity contribution in [1.29, 1.82) is 0 Å². The highest BCUT2D eigenvalue weighted by atomic mass is 32.2. The van der Waals surface area contributed by atoms with Crippen LogP contribution < -0.4 is 0 Å². The van der Waals surface area contributed by atoms with E-state index in [1.54, 1.807) is 0 Å². The summed E-state index contributed by atoms with van der Waals surface area (Å²) in [5.74, 6) is 0. The molecule has 0 bridgehead atoms. The molecule has 106 valence electrons. The topological polar surface area (TPSA) is 77.8 Å². The normalized spacial score (nSPS) is 23.2. The molecule has 0 amide bonds. The van der Waals surface area contributed by atoms with Gasteiger partial charge in [0.05, 0.1) is 6.04 Å². The Morgan fingerprint density at radius 1 is 1.26 bits per heavy atom. The van der Waals surface area contributed by atoms with E-state index in [-0.39, 0.29) is 0 Å². The van der Waals surface area contributed by atoms with E-state index in [1.165, 1.54) is 0 Å². The zero-order valence-electron chi connectivity index (χ0n) is 10.6. The summed E-state index contributed by atoms with van der Waals surface area (Å²) >= 11 is 0. The van der Waals surface area contributed by atoms with E-state index >= 15 is 0 Å². The van der Waals surface area contributed by atoms with Gasteiger partial charge in [0, 0.05) is 6.54 Å². The van der Waals surface area contributed by atoms with Gasteiger partial charge in [-0.15, -0.1) is 0 Å². The van der Waals surface area contributed by atoms with Crippen LogP contribution in [0.2, 0.25) is 0 Å². The van der Waals surface area contributed by atoms with Gasteiger partial charge in [0.1, 0.15) is 0 Å². The summed E-state index contributed by atoms with van der Waals surface area (Å²) in [6, 6.07) is 9.16. The number of benzene rings is 1. The predicted octanol–water partition coefficient (Wildman–Crippen LogP) is 1.25. The summed E-state index contributed by atoms with van der Waals surface area (Å²) in [6.45, 7) is 1.31. The summed E-state index contributed by atoms with van der Waals surface area (Å²) in [4.78, 5) is 1.93. The van der Waals surface area contributed by atoms with E-state index in [0.717, 1.165) is 24.9 Å². The number of rotatable bonds is 4. The third-order valence-electron chi connectivity index (χ3n) is 3.53. The van der Waals surface area contributed by atoms with E-state index in [0.29, 0.717) is 13.0 Å². The van der Waals surface area contributed by atoms with Crippen LogP contribution >= 0.6 is 0 Å². The lowest BCUT2D eigenvalue weighted by Gasteiger charge is -2.37. The van der Waals surface area contributed by atoms with Crippen molar-refractivity contribution in [2.75, 3.05) is 6.54 Å². The lowest BCUT2D eigenvalue weighted by molar-refractivity contribution is 0.0577. The average Bonchev–Trinajstić information content (AvgIpc) is 2.39. The Hall–Kier alpha value is -0.950. The van der Waals surface area contributed by atoms with E-state index in [9.17, 15) is 13.5 Å². The molecule has 1 aliphatic heterocycles. The summed E-state index contributed by atoms with van der Waals surface area (Å²) < 4.78 is 31.2. The fraction of sp³-hybridized carbons (Fsp3) is 0.538. The van der Waals surface area contributed by atoms with Crippen LogP contribution in [0.3, 0.4) is 0 Å². The standard InChI is InChI=1S/C13H19NO4S/c15-13(19(16,17)18)12-8-4-5-9-14(12)10-11-6-2-1-3-7-11/h1-3,6-7,12-13,15H,4-5,8-10H2,(H,16,17,18)/t12-,13?/m1/s1. The molecule has 2 rings (SSSR count). The van der Waals surface area contributed by atoms with Crippen LogP contribution in [0, 0.1) is 0 Å². The average molecular weight is 285 g/mol. The molecule has 2 N–H and O–H groups in total. The molecule has 0 aromatic heterocycles. The van der Waals surface area contributed by atoms with E-state index < -0.39 is 21.6 Å². The second-order valence-electron chi connectivity index (χ2n) is 4.92. The maximum Gasteiger partial charge on any atom is 0.293 e. The minimum absolute atomic E-state index is 0.538. The van der Waals surface area contributed by atoms with Crippen LogP contribution in [-0.4, -0.2) is 41.0 Å². The van der Waals surface area contributed by atoms with E-state index in [4.69, 9.17) is 4.55 Å². The zero-order chi connectivity index (χ0) is 13.9. The molecule has 6 heteroatoms. The molecule has 1 aromatic rings. The van der Waals surface area contributed by atoms with Gasteiger partial charge >= 0.3 is 0 Å². The highest BCUT2D eigenvalue weighted by Gasteiger charge is 2.35. The highest BCUT2D eigenvalue weighted by Crippen LogP contribution is 2.23. The van der Waals surface area contributed by atoms with Crippen LogP contribution in [0.15, 0.2) is 30.3 Å². The molecule has 1 unspecified atom stereocenters. The van der Waals surface area contributed by atoms with Gasteiger partial charge in [-0.3, -0.25) is 9.45 Å². The number of aliphatic hydroxyl groups excluding tert-OH is 1. The Kier molecular flexibility index (Phi) is 4.57. The minimum Gasteiger partial charge on any atom is -0.374 e. The monoisotopic (exact) mass is 285 g/mol. The molecular formula is C13H19NO4S. The minimum atomic E-state index is -4.41. The third kappa shape index (κ3) is 3.76. The van der Waals surface area contributed by atoms with Crippen LogP contribution in [0.5, 0.6) is 0 Å². The first kappa shape index (κ1) is 14.5. The predicted molar refractivity (Wildman–Crippen MR) is 72.0 cm³/mol. The molecule has 1 fully saturated rings. The Morgan fingerprint density at radius 3 is 2.58 bits per heavy atom. The van der Waals surface area contributed by atoms with Crippen molar-refractivity contribution in [1.82, 2.24) is 4.90 Å². The first-order valence-electron chi connectivity index (χ1n) is 6.41. The Labute approximate surface area is 113 Å². The van der Waals surface area contributed by atoms with Gasteiger partial charge in [0.25, 0.3) is 10.1 Å². The summed E-state index contributed by atoms with van der Waals surface area (Å²) in [5.41, 5.74) is -0.659. The smallest absolute Gasteiger partial charge is 0.293 e. The molecule has 0 radical (unpaired) electrons. The molecule has 2 atom stereocenters. The largest absolute Gasteiger partial charge is 0.374 e. The third-order valence-corrected chi connectivity index (χ3v) is 4.45. The maximum atomic E-state index is 11.1. The molecule has 0 aliphatic carbocycles. The van der Waals surface area contributed by atoms with Crippen LogP contribution in [-0.2, 0) is 16.7 Å². The summed E-state index contributed by atoms with van der Waals surface area (Å²) in [6.07, 6.45) is 2.41. The maximum absolute atomic E-state index is 11.1. The number of hydrogen-bond acceptors (Lipinski definition) is 4. The highest BCUT2D eigenvalue weighted by molar-refractivity contribution is 7.86. The molecule has 1 heterocycles. The molecule has 1 aromatic carbocycles. The van der Waals surface area contributed by atoms with Crippen LogP contribution in [0.25, 0.3) is 0 Å². The van der Waals surface area contributed by atoms with Gasteiger partial charge in [0.2, 0.25) is 0 Å². The number of hydrogen-bond donors (Lipinski definition) is 2. The van der Waals surface area contributed by atoms with Gasteiger partial charge in [0.15, 0.2) is 5.44 Å². The summed E-state index contributed by atoms with van der Waals surface area (Å²) in [7, 11) is -4.41. The van der Waals surface area contributed by atoms with Gasteiger partial charge < -0.3 is 5.11 Å². The number of likely N-dealkylation sites (tertiary alicyclic amines) is 1. The van der Waals surface area contributed by atoms with Gasteiger partial charge in [-0.25, -0.2) is 0 Å². The Morgan fingerprint density at radius 2 is 1.95 bits per heavy atom. The SMILES string of the molecule is O=S(=O)(O)C(O)[C@H]1CCCCN1Cc1ccccc1. The van der Waals surface area contributed by atoms with Gasteiger partial charge in [-0.1, -0.05) is 36.8 Å². The van der Waals surface area contributed by atoms with E-state index in [2.05, 4.69) is 0 Å². The second-order valence-corrected chi connectivity index (χ2v) is 6.44. The number of aliphatic hydroxyl groups is 1. The molecule has 0 saturated carbocycles. The van der Waals surface area contributed by atoms with Gasteiger partial charge in [-0.05, 0) is 24.9 Å². The number of piperidine rings is 1. The van der Waals surface area contributed by atoms with Gasteiger partial charge in [-0.2, -0.15) is 8.42 Å². The molecule has 0 spiro atoms. The molecule has 1 saturated heterocycles. The quantitative estimate of drug-likeness (QED) is 0.814. The van der Waals surface area contributed by atoms with Crippen LogP contribution in [0.1, 0.15) is 24.8 Å². The van der Waals surface area contributed by atoms with Crippen molar-refractivity contribution >= 4 is 10.1 Å². The molecular weight excluding hydrogens is 266 g/mol. The van der Waals surface area contributed by atoms with Crippen molar-refractivity contribution in [2.45, 2.75) is 37.3 Å². The van der Waals surface area contributed by atoms with Crippen molar-refractivity contribution < 1.29 is 18.1 Å². The number of nitrogens with zero attached hydrogens (tertiary/aromatic N) is 1.